The lowest BCUT2D eigenvalue weighted by Gasteiger charge is -2.09. The monoisotopic (exact) mass is 209 g/mol. The van der Waals surface area contributed by atoms with E-state index in [0.29, 0.717) is 12.1 Å². The summed E-state index contributed by atoms with van der Waals surface area (Å²) in [6.07, 6.45) is 0.539. The fraction of sp³-hybridized carbons (Fsp3) is 0.364. The Labute approximate surface area is 89.1 Å². The molecule has 4 nitrogen and oxygen atoms in total. The summed E-state index contributed by atoms with van der Waals surface area (Å²) in [6, 6.07) is 5.53. The smallest absolute Gasteiger partial charge is 0.122 e. The summed E-state index contributed by atoms with van der Waals surface area (Å²) in [4.78, 5) is 0. The first-order valence-corrected chi connectivity index (χ1v) is 4.59. The lowest BCUT2D eigenvalue weighted by molar-refractivity contribution is 0.317. The van der Waals surface area contributed by atoms with Crippen LogP contribution in [-0.2, 0) is 6.42 Å². The molecule has 1 rings (SSSR count). The number of nitrogens with zero attached hydrogens (tertiary/aromatic N) is 1. The van der Waals surface area contributed by atoms with Crippen LogP contribution in [0.2, 0.25) is 0 Å². The molecular weight excluding hydrogens is 194 g/mol. The van der Waals surface area contributed by atoms with Gasteiger partial charge < -0.3 is 14.7 Å². The van der Waals surface area contributed by atoms with Crippen LogP contribution in [0.5, 0.6) is 11.5 Å². The zero-order valence-electron chi connectivity index (χ0n) is 9.15. The molecule has 0 spiro atoms. The van der Waals surface area contributed by atoms with Crippen molar-refractivity contribution in [2.45, 2.75) is 13.3 Å². The van der Waals surface area contributed by atoms with Crippen LogP contribution >= 0.6 is 0 Å². The summed E-state index contributed by atoms with van der Waals surface area (Å²) in [5.41, 5.74) is 1.56. The molecule has 0 atom stereocenters. The predicted molar refractivity (Wildman–Crippen MR) is 58.1 cm³/mol. The molecule has 0 fully saturated rings. The van der Waals surface area contributed by atoms with Crippen molar-refractivity contribution >= 4 is 5.71 Å². The van der Waals surface area contributed by atoms with E-state index in [1.807, 2.05) is 18.2 Å². The van der Waals surface area contributed by atoms with Crippen molar-refractivity contribution in [1.82, 2.24) is 0 Å². The Morgan fingerprint density at radius 1 is 1.33 bits per heavy atom. The molecule has 0 radical (unpaired) electrons. The number of rotatable bonds is 4. The second kappa shape index (κ2) is 5.24. The lowest BCUT2D eigenvalue weighted by Crippen LogP contribution is -2.00. The maximum absolute atomic E-state index is 8.60. The fourth-order valence-corrected chi connectivity index (χ4v) is 1.33. The summed E-state index contributed by atoms with van der Waals surface area (Å²) in [5.74, 6) is 1.52. The maximum atomic E-state index is 8.60. The molecule has 0 heterocycles. The topological polar surface area (TPSA) is 51.0 Å². The number of ether oxygens (including phenoxy) is 2. The highest BCUT2D eigenvalue weighted by atomic mass is 16.5. The molecule has 0 aromatic heterocycles. The van der Waals surface area contributed by atoms with E-state index in [4.69, 9.17) is 14.7 Å². The summed E-state index contributed by atoms with van der Waals surface area (Å²) in [5, 5.41) is 11.7. The Bertz CT molecular complexity index is 361. The Balaban J connectivity index is 3.01. The molecule has 1 aromatic rings. The molecule has 0 saturated heterocycles. The van der Waals surface area contributed by atoms with Gasteiger partial charge in [-0.1, -0.05) is 5.16 Å². The minimum absolute atomic E-state index is 0.539. The average Bonchev–Trinajstić information content (AvgIpc) is 2.28. The molecule has 0 bridgehead atoms. The van der Waals surface area contributed by atoms with E-state index < -0.39 is 0 Å². The molecule has 0 saturated carbocycles. The quantitative estimate of drug-likeness (QED) is 0.469. The zero-order chi connectivity index (χ0) is 11.3. The Kier molecular flexibility index (Phi) is 3.97. The molecule has 0 aliphatic carbocycles. The highest BCUT2D eigenvalue weighted by Gasteiger charge is 2.06. The molecule has 0 aliphatic heterocycles. The third-order valence-corrected chi connectivity index (χ3v) is 2.10. The second-order valence-electron chi connectivity index (χ2n) is 3.19. The predicted octanol–water partition coefficient (Wildman–Crippen LogP) is 2.10. The van der Waals surface area contributed by atoms with Crippen LogP contribution in [0, 0.1) is 0 Å². The SMILES string of the molecule is COc1ccc(OC)c(C/C(C)=N\O)c1. The molecule has 4 heteroatoms. The Morgan fingerprint density at radius 2 is 2.07 bits per heavy atom. The van der Waals surface area contributed by atoms with Crippen molar-refractivity contribution in [2.24, 2.45) is 5.16 Å². The van der Waals surface area contributed by atoms with Gasteiger partial charge in [0.2, 0.25) is 0 Å². The van der Waals surface area contributed by atoms with E-state index in [0.717, 1.165) is 17.1 Å². The van der Waals surface area contributed by atoms with Crippen LogP contribution in [0.3, 0.4) is 0 Å². The van der Waals surface area contributed by atoms with Gasteiger partial charge in [0.25, 0.3) is 0 Å². The van der Waals surface area contributed by atoms with E-state index in [1.165, 1.54) is 0 Å². The van der Waals surface area contributed by atoms with E-state index in [-0.39, 0.29) is 0 Å². The lowest BCUT2D eigenvalue weighted by atomic mass is 10.1. The van der Waals surface area contributed by atoms with E-state index in [9.17, 15) is 0 Å². The van der Waals surface area contributed by atoms with Crippen LogP contribution in [0.1, 0.15) is 12.5 Å². The Hall–Kier alpha value is -1.71. The standard InChI is InChI=1S/C11H15NO3/c1-8(12-13)6-9-7-10(14-2)4-5-11(9)15-3/h4-5,7,13H,6H2,1-3H3/b12-8-. The number of oxime groups is 1. The van der Waals surface area contributed by atoms with Crippen molar-refractivity contribution in [1.29, 1.82) is 0 Å². The van der Waals surface area contributed by atoms with E-state index in [1.54, 1.807) is 21.1 Å². The van der Waals surface area contributed by atoms with Gasteiger partial charge in [0.1, 0.15) is 11.5 Å². The number of benzene rings is 1. The summed E-state index contributed by atoms with van der Waals surface area (Å²) < 4.78 is 10.3. The molecular formula is C11H15NO3. The molecule has 1 N–H and O–H groups in total. The van der Waals surface area contributed by atoms with Crippen molar-refractivity contribution < 1.29 is 14.7 Å². The average molecular weight is 209 g/mol. The summed E-state index contributed by atoms with van der Waals surface area (Å²) in [6.45, 7) is 1.75. The third-order valence-electron chi connectivity index (χ3n) is 2.10. The van der Waals surface area contributed by atoms with E-state index >= 15 is 0 Å². The molecule has 82 valence electrons. The second-order valence-corrected chi connectivity index (χ2v) is 3.19. The van der Waals surface area contributed by atoms with Crippen molar-refractivity contribution in [3.63, 3.8) is 0 Å². The molecule has 0 amide bonds. The van der Waals surface area contributed by atoms with Gasteiger partial charge in [-0.2, -0.15) is 0 Å². The van der Waals surface area contributed by atoms with Gasteiger partial charge in [0.15, 0.2) is 0 Å². The van der Waals surface area contributed by atoms with Crippen molar-refractivity contribution in [2.75, 3.05) is 14.2 Å². The summed E-state index contributed by atoms with van der Waals surface area (Å²) >= 11 is 0. The van der Waals surface area contributed by atoms with Crippen LogP contribution in [-0.4, -0.2) is 25.1 Å². The molecule has 0 unspecified atom stereocenters. The molecule has 15 heavy (non-hydrogen) atoms. The minimum atomic E-state index is 0.539. The molecule has 1 aromatic carbocycles. The van der Waals surface area contributed by atoms with E-state index in [2.05, 4.69) is 5.16 Å². The fourth-order valence-electron chi connectivity index (χ4n) is 1.33. The first-order valence-electron chi connectivity index (χ1n) is 4.59. The number of methoxy groups -OCH3 is 2. The van der Waals surface area contributed by atoms with Gasteiger partial charge in [0.05, 0.1) is 19.9 Å². The first-order chi connectivity index (χ1) is 7.21. The number of hydrogen-bond acceptors (Lipinski definition) is 4. The van der Waals surface area contributed by atoms with Gasteiger partial charge in [-0.25, -0.2) is 0 Å². The van der Waals surface area contributed by atoms with Crippen LogP contribution < -0.4 is 9.47 Å². The third kappa shape index (κ3) is 2.87. The molecule has 0 aliphatic rings. The van der Waals surface area contributed by atoms with Crippen LogP contribution in [0.4, 0.5) is 0 Å². The van der Waals surface area contributed by atoms with Gasteiger partial charge in [-0.05, 0) is 25.1 Å². The Morgan fingerprint density at radius 3 is 2.60 bits per heavy atom. The largest absolute Gasteiger partial charge is 0.497 e. The highest BCUT2D eigenvalue weighted by molar-refractivity contribution is 5.84. The van der Waals surface area contributed by atoms with Crippen LogP contribution in [0.15, 0.2) is 23.4 Å². The van der Waals surface area contributed by atoms with Gasteiger partial charge in [-0.3, -0.25) is 0 Å². The first kappa shape index (κ1) is 11.4. The van der Waals surface area contributed by atoms with Crippen molar-refractivity contribution in [3.05, 3.63) is 23.8 Å². The van der Waals surface area contributed by atoms with Gasteiger partial charge in [0, 0.05) is 12.0 Å². The van der Waals surface area contributed by atoms with Crippen molar-refractivity contribution in [3.8, 4) is 11.5 Å². The maximum Gasteiger partial charge on any atom is 0.122 e. The number of hydrogen-bond donors (Lipinski definition) is 1. The highest BCUT2D eigenvalue weighted by Crippen LogP contribution is 2.24. The normalized spacial score (nSPS) is 11.3. The minimum Gasteiger partial charge on any atom is -0.497 e. The van der Waals surface area contributed by atoms with Gasteiger partial charge in [-0.15, -0.1) is 0 Å². The zero-order valence-corrected chi connectivity index (χ0v) is 9.15. The van der Waals surface area contributed by atoms with Gasteiger partial charge >= 0.3 is 0 Å². The van der Waals surface area contributed by atoms with Crippen LogP contribution in [0.25, 0.3) is 0 Å². The summed E-state index contributed by atoms with van der Waals surface area (Å²) in [7, 11) is 3.22.